The quantitative estimate of drug-likeness (QED) is 0.758. The number of hydrogen-bond donors (Lipinski definition) is 0. The second-order valence-electron chi connectivity index (χ2n) is 2.39. The third-order valence-electron chi connectivity index (χ3n) is 1.56. The zero-order valence-electron chi connectivity index (χ0n) is 6.54. The summed E-state index contributed by atoms with van der Waals surface area (Å²) in [7, 11) is -3.35. The highest BCUT2D eigenvalue weighted by molar-refractivity contribution is 7.92. The maximum Gasteiger partial charge on any atom is 0.277 e. The third-order valence-corrected chi connectivity index (χ3v) is 4.47. The van der Waals surface area contributed by atoms with Crippen LogP contribution in [0.15, 0.2) is 40.9 Å². The molecule has 0 N–H and O–H groups in total. The highest BCUT2D eigenvalue weighted by atomic mass is 32.2. The molecule has 0 unspecified atom stereocenters. The molecule has 0 bridgehead atoms. The molecule has 0 atom stereocenters. The van der Waals surface area contributed by atoms with Crippen molar-refractivity contribution in [2.45, 2.75) is 4.21 Å². The van der Waals surface area contributed by atoms with E-state index in [1.807, 2.05) is 0 Å². The maximum atomic E-state index is 11.7. The van der Waals surface area contributed by atoms with Gasteiger partial charge in [0.15, 0.2) is 0 Å². The van der Waals surface area contributed by atoms with Crippen molar-refractivity contribution in [3.63, 3.8) is 0 Å². The summed E-state index contributed by atoms with van der Waals surface area (Å²) < 4.78 is 24.9. The fraction of sp³-hybridized carbons (Fsp3) is 0. The molecular weight excluding hydrogens is 206 g/mol. The van der Waals surface area contributed by atoms with Gasteiger partial charge in [-0.3, -0.25) is 0 Å². The van der Waals surface area contributed by atoms with Gasteiger partial charge in [-0.25, -0.2) is 3.97 Å². The molecule has 67 valence electrons. The first kappa shape index (κ1) is 8.52. The van der Waals surface area contributed by atoms with Crippen LogP contribution in [0.4, 0.5) is 0 Å². The van der Waals surface area contributed by atoms with Crippen molar-refractivity contribution in [1.82, 2.24) is 3.97 Å². The zero-order chi connectivity index (χ0) is 9.31. The summed E-state index contributed by atoms with van der Waals surface area (Å²) in [5.74, 6) is 0. The van der Waals surface area contributed by atoms with Crippen LogP contribution in [0.25, 0.3) is 0 Å². The fourth-order valence-electron chi connectivity index (χ4n) is 0.950. The van der Waals surface area contributed by atoms with E-state index >= 15 is 0 Å². The lowest BCUT2D eigenvalue weighted by molar-refractivity contribution is 0.589. The van der Waals surface area contributed by atoms with Gasteiger partial charge in [0, 0.05) is 17.8 Å². The summed E-state index contributed by atoms with van der Waals surface area (Å²) in [6, 6.07) is 6.49. The Balaban J connectivity index is 2.56. The van der Waals surface area contributed by atoms with Gasteiger partial charge in [0.2, 0.25) is 0 Å². The molecule has 0 saturated heterocycles. The first-order chi connectivity index (χ1) is 6.21. The molecule has 0 aliphatic heterocycles. The molecular formula is C8H6NO2S2. The van der Waals surface area contributed by atoms with Crippen molar-refractivity contribution in [3.05, 3.63) is 42.0 Å². The lowest BCUT2D eigenvalue weighted by Crippen LogP contribution is -2.08. The molecule has 0 saturated carbocycles. The highest BCUT2D eigenvalue weighted by Crippen LogP contribution is 2.18. The molecule has 3 nitrogen and oxygen atoms in total. The molecule has 1 radical (unpaired) electrons. The Hall–Kier alpha value is -1.07. The van der Waals surface area contributed by atoms with Crippen molar-refractivity contribution in [3.8, 4) is 0 Å². The van der Waals surface area contributed by atoms with Gasteiger partial charge in [0.05, 0.1) is 0 Å². The van der Waals surface area contributed by atoms with Gasteiger partial charge in [0.1, 0.15) is 4.21 Å². The molecule has 0 aromatic carbocycles. The predicted molar refractivity (Wildman–Crippen MR) is 50.2 cm³/mol. The maximum absolute atomic E-state index is 11.7. The second kappa shape index (κ2) is 3.01. The Morgan fingerprint density at radius 3 is 2.54 bits per heavy atom. The molecule has 0 amide bonds. The average Bonchev–Trinajstić information content (AvgIpc) is 2.78. The number of nitrogens with zero attached hydrogens (tertiary/aromatic N) is 1. The van der Waals surface area contributed by atoms with Crippen molar-refractivity contribution in [2.75, 3.05) is 0 Å². The molecule has 13 heavy (non-hydrogen) atoms. The second-order valence-corrected chi connectivity index (χ2v) is 5.34. The van der Waals surface area contributed by atoms with E-state index in [2.05, 4.69) is 5.38 Å². The van der Waals surface area contributed by atoms with Gasteiger partial charge in [-0.15, -0.1) is 11.3 Å². The van der Waals surface area contributed by atoms with Gasteiger partial charge in [-0.2, -0.15) is 8.42 Å². The first-order valence-electron chi connectivity index (χ1n) is 3.56. The predicted octanol–water partition coefficient (Wildman–Crippen LogP) is 1.59. The number of hydrogen-bond acceptors (Lipinski definition) is 3. The van der Waals surface area contributed by atoms with Crippen LogP contribution in [-0.2, 0) is 10.0 Å². The number of aromatic nitrogens is 1. The van der Waals surface area contributed by atoms with E-state index in [1.165, 1.54) is 16.4 Å². The molecule has 2 rings (SSSR count). The average molecular weight is 212 g/mol. The summed E-state index contributed by atoms with van der Waals surface area (Å²) in [4.78, 5) is 0. The zero-order valence-corrected chi connectivity index (χ0v) is 8.18. The van der Waals surface area contributed by atoms with Gasteiger partial charge < -0.3 is 0 Å². The summed E-state index contributed by atoms with van der Waals surface area (Å²) >= 11 is 1.09. The van der Waals surface area contributed by atoms with E-state index in [1.54, 1.807) is 24.3 Å². The van der Waals surface area contributed by atoms with Gasteiger partial charge in [-0.1, -0.05) is 0 Å². The normalized spacial score (nSPS) is 11.7. The monoisotopic (exact) mass is 212 g/mol. The largest absolute Gasteiger partial charge is 0.277 e. The third kappa shape index (κ3) is 1.40. The Bertz CT molecular complexity index is 428. The smallest absolute Gasteiger partial charge is 0.248 e. The van der Waals surface area contributed by atoms with Crippen molar-refractivity contribution in [1.29, 1.82) is 0 Å². The molecule has 2 aromatic heterocycles. The molecule has 0 spiro atoms. The van der Waals surface area contributed by atoms with Crippen LogP contribution in [0, 0.1) is 5.38 Å². The van der Waals surface area contributed by atoms with Gasteiger partial charge >= 0.3 is 0 Å². The number of thiophene rings is 1. The van der Waals surface area contributed by atoms with Gasteiger partial charge in [-0.05, 0) is 24.3 Å². The minimum Gasteiger partial charge on any atom is -0.248 e. The van der Waals surface area contributed by atoms with E-state index in [0.717, 1.165) is 11.3 Å². The summed E-state index contributed by atoms with van der Waals surface area (Å²) in [5.41, 5.74) is 0. The summed E-state index contributed by atoms with van der Waals surface area (Å²) in [5, 5.41) is 2.75. The van der Waals surface area contributed by atoms with Crippen LogP contribution in [0.5, 0.6) is 0 Å². The Kier molecular flexibility index (Phi) is 1.97. The van der Waals surface area contributed by atoms with E-state index in [-0.39, 0.29) is 0 Å². The van der Waals surface area contributed by atoms with E-state index in [4.69, 9.17) is 0 Å². The highest BCUT2D eigenvalue weighted by Gasteiger charge is 2.15. The van der Waals surface area contributed by atoms with E-state index < -0.39 is 10.0 Å². The molecule has 0 aliphatic carbocycles. The van der Waals surface area contributed by atoms with Crippen LogP contribution in [0.2, 0.25) is 0 Å². The standard InChI is InChI=1S/C8H6NO2S2/c10-13(11,8-4-3-7-12-8)9-5-1-2-6-9/h1-6H. The Morgan fingerprint density at radius 1 is 1.31 bits per heavy atom. The minimum atomic E-state index is -3.35. The Labute approximate surface area is 80.3 Å². The molecule has 0 aliphatic rings. The SMILES string of the molecule is O=S(=O)(c1cc[c]s1)n1cccc1. The van der Waals surface area contributed by atoms with Crippen molar-refractivity contribution >= 4 is 21.4 Å². The first-order valence-corrected chi connectivity index (χ1v) is 5.81. The van der Waals surface area contributed by atoms with E-state index in [0.29, 0.717) is 4.21 Å². The molecule has 5 heteroatoms. The van der Waals surface area contributed by atoms with Crippen LogP contribution < -0.4 is 0 Å². The van der Waals surface area contributed by atoms with Crippen LogP contribution in [0.1, 0.15) is 0 Å². The molecule has 0 fully saturated rings. The topological polar surface area (TPSA) is 39.1 Å². The lowest BCUT2D eigenvalue weighted by Gasteiger charge is -2.00. The molecule has 2 heterocycles. The van der Waals surface area contributed by atoms with Crippen molar-refractivity contribution < 1.29 is 8.42 Å². The lowest BCUT2D eigenvalue weighted by atomic mass is 10.7. The summed E-state index contributed by atoms with van der Waals surface area (Å²) in [6.07, 6.45) is 3.02. The van der Waals surface area contributed by atoms with Gasteiger partial charge in [0.25, 0.3) is 10.0 Å². The fourth-order valence-corrected chi connectivity index (χ4v) is 3.07. The number of rotatable bonds is 2. The summed E-state index contributed by atoms with van der Waals surface area (Å²) in [6.45, 7) is 0. The Morgan fingerprint density at radius 2 is 2.00 bits per heavy atom. The van der Waals surface area contributed by atoms with Crippen LogP contribution >= 0.6 is 11.3 Å². The molecule has 2 aromatic rings. The minimum absolute atomic E-state index is 0.309. The van der Waals surface area contributed by atoms with Crippen LogP contribution in [0.3, 0.4) is 0 Å². The van der Waals surface area contributed by atoms with Crippen molar-refractivity contribution in [2.24, 2.45) is 0 Å². The van der Waals surface area contributed by atoms with Crippen LogP contribution in [-0.4, -0.2) is 12.4 Å². The van der Waals surface area contributed by atoms with E-state index in [9.17, 15) is 8.42 Å².